The molecule has 3 rings (SSSR count). The van der Waals surface area contributed by atoms with Gasteiger partial charge in [0.25, 0.3) is 5.91 Å². The maximum absolute atomic E-state index is 13.1. The zero-order chi connectivity index (χ0) is 20.5. The van der Waals surface area contributed by atoms with Crippen molar-refractivity contribution in [1.82, 2.24) is 4.90 Å². The lowest BCUT2D eigenvalue weighted by Crippen LogP contribution is -2.43. The van der Waals surface area contributed by atoms with E-state index in [1.807, 2.05) is 0 Å². The summed E-state index contributed by atoms with van der Waals surface area (Å²) in [6, 6.07) is 10.0. The van der Waals surface area contributed by atoms with Gasteiger partial charge < -0.3 is 9.64 Å². The molecule has 0 bridgehead atoms. The lowest BCUT2D eigenvalue weighted by Gasteiger charge is -2.29. The third-order valence-corrected chi connectivity index (χ3v) is 5.97. The molecular weight excluding hydrogens is 415 g/mol. The summed E-state index contributed by atoms with van der Waals surface area (Å²) in [4.78, 5) is 26.6. The molecule has 0 aliphatic carbocycles. The molecule has 0 aromatic heterocycles. The van der Waals surface area contributed by atoms with E-state index in [2.05, 4.69) is 0 Å². The number of rotatable bonds is 3. The predicted octanol–water partition coefficient (Wildman–Crippen LogP) is 4.79. The van der Waals surface area contributed by atoms with Crippen LogP contribution in [0.25, 0.3) is 0 Å². The van der Waals surface area contributed by atoms with E-state index in [1.165, 1.54) is 29.8 Å². The van der Waals surface area contributed by atoms with Gasteiger partial charge >= 0.3 is 12.1 Å². The number of esters is 1. The molecule has 1 aliphatic heterocycles. The highest BCUT2D eigenvalue weighted by Crippen LogP contribution is 2.45. The summed E-state index contributed by atoms with van der Waals surface area (Å²) >= 11 is 7.55. The molecule has 9 heteroatoms. The van der Waals surface area contributed by atoms with E-state index in [4.69, 9.17) is 16.3 Å². The van der Waals surface area contributed by atoms with Crippen LogP contribution in [0.5, 0.6) is 0 Å². The van der Waals surface area contributed by atoms with Gasteiger partial charge in [-0.2, -0.15) is 13.2 Å². The topological polar surface area (TPSA) is 46.6 Å². The summed E-state index contributed by atoms with van der Waals surface area (Å²) in [5.41, 5.74) is -0.502. The molecule has 0 N–H and O–H groups in total. The van der Waals surface area contributed by atoms with Crippen molar-refractivity contribution in [3.63, 3.8) is 0 Å². The highest BCUT2D eigenvalue weighted by Gasteiger charge is 2.44. The fourth-order valence-corrected chi connectivity index (χ4v) is 4.72. The number of methoxy groups -OCH3 is 1. The second-order valence-electron chi connectivity index (χ2n) is 6.04. The van der Waals surface area contributed by atoms with Crippen molar-refractivity contribution in [3.05, 3.63) is 70.2 Å². The maximum Gasteiger partial charge on any atom is 0.416 e. The second kappa shape index (κ2) is 8.05. The SMILES string of the molecule is COC(=O)C1CSC(c2ccccc2Cl)N1C(=O)c1cccc(C(F)(F)F)c1. The highest BCUT2D eigenvalue weighted by molar-refractivity contribution is 7.99. The lowest BCUT2D eigenvalue weighted by atomic mass is 10.1. The van der Waals surface area contributed by atoms with Crippen LogP contribution in [0.1, 0.15) is 26.9 Å². The van der Waals surface area contributed by atoms with Crippen LogP contribution in [0.4, 0.5) is 13.2 Å². The molecule has 2 unspecified atom stereocenters. The summed E-state index contributed by atoms with van der Waals surface area (Å²) in [5.74, 6) is -1.09. The van der Waals surface area contributed by atoms with Gasteiger partial charge in [-0.3, -0.25) is 4.79 Å². The van der Waals surface area contributed by atoms with E-state index in [1.54, 1.807) is 24.3 Å². The monoisotopic (exact) mass is 429 g/mol. The van der Waals surface area contributed by atoms with Gasteiger partial charge in [-0.1, -0.05) is 35.9 Å². The van der Waals surface area contributed by atoms with E-state index >= 15 is 0 Å². The number of ether oxygens (including phenoxy) is 1. The fourth-order valence-electron chi connectivity index (χ4n) is 2.96. The van der Waals surface area contributed by atoms with Gasteiger partial charge in [0, 0.05) is 21.9 Å². The number of halogens is 4. The van der Waals surface area contributed by atoms with Crippen LogP contribution >= 0.6 is 23.4 Å². The summed E-state index contributed by atoms with van der Waals surface area (Å²) in [7, 11) is 1.20. The van der Waals surface area contributed by atoms with Crippen LogP contribution in [0.3, 0.4) is 0 Å². The number of carbonyl (C=O) groups is 2. The molecule has 2 aromatic carbocycles. The van der Waals surface area contributed by atoms with Crippen molar-refractivity contribution >= 4 is 35.2 Å². The minimum absolute atomic E-state index is 0.164. The molecule has 1 amide bonds. The van der Waals surface area contributed by atoms with Gasteiger partial charge in [-0.25, -0.2) is 4.79 Å². The Morgan fingerprint density at radius 2 is 1.89 bits per heavy atom. The van der Waals surface area contributed by atoms with Crippen molar-refractivity contribution in [1.29, 1.82) is 0 Å². The molecule has 2 aromatic rings. The first-order valence-corrected chi connectivity index (χ1v) is 9.60. The van der Waals surface area contributed by atoms with Crippen LogP contribution in [0, 0.1) is 0 Å². The molecule has 1 fully saturated rings. The molecule has 1 heterocycles. The summed E-state index contributed by atoms with van der Waals surface area (Å²) in [6.45, 7) is 0. The third kappa shape index (κ3) is 3.98. The van der Waals surface area contributed by atoms with Crippen molar-refractivity contribution in [2.24, 2.45) is 0 Å². The highest BCUT2D eigenvalue weighted by atomic mass is 35.5. The fraction of sp³-hybridized carbons (Fsp3) is 0.263. The lowest BCUT2D eigenvalue weighted by molar-refractivity contribution is -0.145. The average molecular weight is 430 g/mol. The van der Waals surface area contributed by atoms with Gasteiger partial charge in [0.1, 0.15) is 11.4 Å². The molecule has 148 valence electrons. The maximum atomic E-state index is 13.1. The Kier molecular flexibility index (Phi) is 5.90. The van der Waals surface area contributed by atoms with Crippen molar-refractivity contribution in [2.75, 3.05) is 12.9 Å². The van der Waals surface area contributed by atoms with Crippen molar-refractivity contribution < 1.29 is 27.5 Å². The smallest absolute Gasteiger partial charge is 0.416 e. The summed E-state index contributed by atoms with van der Waals surface area (Å²) < 4.78 is 43.9. The van der Waals surface area contributed by atoms with E-state index < -0.39 is 35.0 Å². The van der Waals surface area contributed by atoms with E-state index in [0.29, 0.717) is 10.6 Å². The minimum atomic E-state index is -4.58. The third-order valence-electron chi connectivity index (χ3n) is 4.32. The molecule has 28 heavy (non-hydrogen) atoms. The average Bonchev–Trinajstić information content (AvgIpc) is 3.11. The number of hydrogen-bond acceptors (Lipinski definition) is 4. The molecule has 2 atom stereocenters. The zero-order valence-corrected chi connectivity index (χ0v) is 16.1. The first kappa shape index (κ1) is 20.5. The predicted molar refractivity (Wildman–Crippen MR) is 100 cm³/mol. The van der Waals surface area contributed by atoms with Gasteiger partial charge in [0.05, 0.1) is 12.7 Å². The zero-order valence-electron chi connectivity index (χ0n) is 14.6. The Labute approximate surface area is 168 Å². The van der Waals surface area contributed by atoms with Crippen LogP contribution < -0.4 is 0 Å². The van der Waals surface area contributed by atoms with Gasteiger partial charge in [-0.15, -0.1) is 11.8 Å². The number of carbonyl (C=O) groups excluding carboxylic acids is 2. The Morgan fingerprint density at radius 1 is 1.18 bits per heavy atom. The van der Waals surface area contributed by atoms with Crippen LogP contribution in [-0.4, -0.2) is 35.7 Å². The van der Waals surface area contributed by atoms with E-state index in [9.17, 15) is 22.8 Å². The van der Waals surface area contributed by atoms with Crippen molar-refractivity contribution in [2.45, 2.75) is 17.6 Å². The minimum Gasteiger partial charge on any atom is -0.467 e. The quantitative estimate of drug-likeness (QED) is 0.658. The molecule has 0 radical (unpaired) electrons. The van der Waals surface area contributed by atoms with Gasteiger partial charge in [-0.05, 0) is 24.3 Å². The number of thioether (sulfide) groups is 1. The van der Waals surface area contributed by atoms with Crippen LogP contribution in [0.15, 0.2) is 48.5 Å². The molecule has 0 saturated carbocycles. The van der Waals surface area contributed by atoms with E-state index in [-0.39, 0.29) is 11.3 Å². The largest absolute Gasteiger partial charge is 0.467 e. The standard InChI is InChI=1S/C19H15ClF3NO3S/c1-27-18(26)15-10-28-17(13-7-2-3-8-14(13)20)24(15)16(25)11-5-4-6-12(9-11)19(21,22)23/h2-9,15,17H,10H2,1H3. The summed E-state index contributed by atoms with van der Waals surface area (Å²) in [6.07, 6.45) is -4.58. The normalized spacial score (nSPS) is 19.5. The molecule has 1 aliphatic rings. The number of amides is 1. The Bertz CT molecular complexity index is 906. The Balaban J connectivity index is 2.03. The first-order valence-electron chi connectivity index (χ1n) is 8.18. The molecular formula is C19H15ClF3NO3S. The van der Waals surface area contributed by atoms with Crippen LogP contribution in [0.2, 0.25) is 5.02 Å². The Morgan fingerprint density at radius 3 is 2.54 bits per heavy atom. The second-order valence-corrected chi connectivity index (χ2v) is 7.56. The number of nitrogens with zero attached hydrogens (tertiary/aromatic N) is 1. The molecule has 1 saturated heterocycles. The van der Waals surface area contributed by atoms with Gasteiger partial charge in [0.2, 0.25) is 0 Å². The van der Waals surface area contributed by atoms with Gasteiger partial charge in [0.15, 0.2) is 0 Å². The van der Waals surface area contributed by atoms with E-state index in [0.717, 1.165) is 18.2 Å². The Hall–Kier alpha value is -2.19. The molecule has 0 spiro atoms. The first-order chi connectivity index (χ1) is 13.2. The number of hydrogen-bond donors (Lipinski definition) is 0. The van der Waals surface area contributed by atoms with Crippen molar-refractivity contribution in [3.8, 4) is 0 Å². The number of alkyl halides is 3. The number of benzene rings is 2. The van der Waals surface area contributed by atoms with Crippen LogP contribution in [-0.2, 0) is 15.7 Å². The summed E-state index contributed by atoms with van der Waals surface area (Å²) in [5, 5.41) is -0.229. The molecule has 4 nitrogen and oxygen atoms in total.